The van der Waals surface area contributed by atoms with Crippen LogP contribution in [0.1, 0.15) is 36.8 Å². The molecule has 1 saturated heterocycles. The number of amides is 1. The Kier molecular flexibility index (Phi) is 8.46. The summed E-state index contributed by atoms with van der Waals surface area (Å²) in [6, 6.07) is 14.4. The van der Waals surface area contributed by atoms with Crippen molar-refractivity contribution in [1.82, 2.24) is 10.2 Å². The number of rotatable bonds is 9. The Balaban J connectivity index is 1.36. The molecule has 0 spiro atoms. The smallest absolute Gasteiger partial charge is 0.287 e. The molecule has 4 nitrogen and oxygen atoms in total. The van der Waals surface area contributed by atoms with Crippen molar-refractivity contribution in [2.75, 3.05) is 19.3 Å². The van der Waals surface area contributed by atoms with E-state index >= 15 is 0 Å². The lowest BCUT2D eigenvalue weighted by atomic mass is 9.91. The molecule has 6 heteroatoms. The Hall–Kier alpha value is -2.18. The second-order valence-electron chi connectivity index (χ2n) is 7.80. The number of ketones is 1. The summed E-state index contributed by atoms with van der Waals surface area (Å²) in [5.74, 6) is -0.745. The number of hydrogen-bond acceptors (Lipinski definition) is 4. The van der Waals surface area contributed by atoms with Crippen LogP contribution >= 0.6 is 11.8 Å². The van der Waals surface area contributed by atoms with Crippen LogP contribution in [0, 0.1) is 11.7 Å². The summed E-state index contributed by atoms with van der Waals surface area (Å²) in [6.07, 6.45) is 5.28. The van der Waals surface area contributed by atoms with Crippen LogP contribution in [0.5, 0.6) is 0 Å². The summed E-state index contributed by atoms with van der Waals surface area (Å²) in [4.78, 5) is 28.0. The molecule has 1 amide bonds. The molecular weight excluding hydrogens is 399 g/mol. The van der Waals surface area contributed by atoms with Gasteiger partial charge in [-0.2, -0.15) is 0 Å². The number of benzene rings is 2. The van der Waals surface area contributed by atoms with Gasteiger partial charge in [0.2, 0.25) is 5.78 Å². The van der Waals surface area contributed by atoms with Crippen LogP contribution in [-0.4, -0.2) is 35.9 Å². The number of carbonyl (C=O) groups is 2. The van der Waals surface area contributed by atoms with Crippen molar-refractivity contribution in [3.63, 3.8) is 0 Å². The first-order valence-electron chi connectivity index (χ1n) is 10.4. The van der Waals surface area contributed by atoms with E-state index in [2.05, 4.69) is 40.7 Å². The van der Waals surface area contributed by atoms with Gasteiger partial charge in [0.05, 0.1) is 0 Å². The largest absolute Gasteiger partial charge is 0.345 e. The van der Waals surface area contributed by atoms with E-state index in [-0.39, 0.29) is 24.6 Å². The standard InChI is InChI=1S/C24H29FN2O2S/c1-30-23-5-3-2-4-20(23)17-27-14-12-18(13-15-27)8-11-22(28)24(29)26-16-19-6-9-21(25)10-7-19/h2-7,9-10,18H,8,11-17H2,1H3,(H,26,29). The summed E-state index contributed by atoms with van der Waals surface area (Å²) < 4.78 is 12.9. The molecule has 0 bridgehead atoms. The molecule has 0 aromatic heterocycles. The number of nitrogens with zero attached hydrogens (tertiary/aromatic N) is 1. The highest BCUT2D eigenvalue weighted by molar-refractivity contribution is 7.98. The van der Waals surface area contributed by atoms with Gasteiger partial charge in [-0.1, -0.05) is 30.3 Å². The summed E-state index contributed by atoms with van der Waals surface area (Å²) in [6.45, 7) is 3.26. The molecule has 1 aliphatic heterocycles. The van der Waals surface area contributed by atoms with E-state index in [1.165, 1.54) is 22.6 Å². The maximum Gasteiger partial charge on any atom is 0.287 e. The maximum absolute atomic E-state index is 12.9. The molecule has 30 heavy (non-hydrogen) atoms. The van der Waals surface area contributed by atoms with E-state index in [0.717, 1.165) is 44.5 Å². The molecule has 2 aromatic rings. The monoisotopic (exact) mass is 428 g/mol. The third-order valence-corrected chi connectivity index (χ3v) is 6.53. The number of halogens is 1. The van der Waals surface area contributed by atoms with Gasteiger partial charge in [-0.05, 0) is 73.9 Å². The number of piperidine rings is 1. The van der Waals surface area contributed by atoms with Crippen LogP contribution in [0.25, 0.3) is 0 Å². The Bertz CT molecular complexity index is 849. The second-order valence-corrected chi connectivity index (χ2v) is 8.65. The maximum atomic E-state index is 12.9. The first kappa shape index (κ1) is 22.5. The van der Waals surface area contributed by atoms with Crippen molar-refractivity contribution in [3.8, 4) is 0 Å². The number of nitrogens with one attached hydrogen (secondary N) is 1. The molecular formula is C24H29FN2O2S. The predicted molar refractivity (Wildman–Crippen MR) is 119 cm³/mol. The Morgan fingerprint density at radius 1 is 1.10 bits per heavy atom. The zero-order valence-corrected chi connectivity index (χ0v) is 18.2. The fourth-order valence-electron chi connectivity index (χ4n) is 3.84. The Morgan fingerprint density at radius 3 is 2.50 bits per heavy atom. The van der Waals surface area contributed by atoms with Crippen molar-refractivity contribution < 1.29 is 14.0 Å². The summed E-state index contributed by atoms with van der Waals surface area (Å²) in [5.41, 5.74) is 2.14. The van der Waals surface area contributed by atoms with Gasteiger partial charge in [0.15, 0.2) is 0 Å². The average molecular weight is 429 g/mol. The molecule has 1 N–H and O–H groups in total. The fraction of sp³-hybridized carbons (Fsp3) is 0.417. The quantitative estimate of drug-likeness (QED) is 0.474. The van der Waals surface area contributed by atoms with Crippen LogP contribution in [0.15, 0.2) is 53.4 Å². The van der Waals surface area contributed by atoms with Crippen LogP contribution in [0.2, 0.25) is 0 Å². The zero-order chi connectivity index (χ0) is 21.3. The molecule has 0 radical (unpaired) electrons. The van der Waals surface area contributed by atoms with Crippen molar-refractivity contribution >= 4 is 23.5 Å². The van der Waals surface area contributed by atoms with Gasteiger partial charge in [-0.25, -0.2) is 4.39 Å². The van der Waals surface area contributed by atoms with Crippen molar-refractivity contribution in [3.05, 3.63) is 65.5 Å². The normalized spacial score (nSPS) is 15.1. The minimum absolute atomic E-state index is 0.237. The van der Waals surface area contributed by atoms with Gasteiger partial charge < -0.3 is 5.32 Å². The summed E-state index contributed by atoms with van der Waals surface area (Å²) in [5, 5.41) is 2.63. The van der Waals surface area contributed by atoms with Gasteiger partial charge in [-0.3, -0.25) is 14.5 Å². The minimum Gasteiger partial charge on any atom is -0.345 e. The molecule has 0 unspecified atom stereocenters. The number of Topliss-reactive ketones (excluding diaryl/α,β-unsaturated/α-hetero) is 1. The van der Waals surface area contributed by atoms with E-state index in [9.17, 15) is 14.0 Å². The molecule has 1 heterocycles. The number of thioether (sulfide) groups is 1. The van der Waals surface area contributed by atoms with Crippen LogP contribution in [0.3, 0.4) is 0 Å². The third kappa shape index (κ3) is 6.67. The van der Waals surface area contributed by atoms with Gasteiger partial charge in [0, 0.05) is 24.4 Å². The van der Waals surface area contributed by atoms with Crippen LogP contribution in [-0.2, 0) is 22.7 Å². The molecule has 1 fully saturated rings. The first-order valence-corrected chi connectivity index (χ1v) is 11.7. The van der Waals surface area contributed by atoms with Crippen molar-refractivity contribution in [2.24, 2.45) is 5.92 Å². The average Bonchev–Trinajstić information content (AvgIpc) is 2.78. The lowest BCUT2D eigenvalue weighted by molar-refractivity contribution is -0.138. The number of hydrogen-bond donors (Lipinski definition) is 1. The molecule has 1 aliphatic rings. The van der Waals surface area contributed by atoms with Crippen molar-refractivity contribution in [2.45, 2.75) is 43.7 Å². The molecule has 3 rings (SSSR count). The number of likely N-dealkylation sites (tertiary alicyclic amines) is 1. The Morgan fingerprint density at radius 2 is 1.80 bits per heavy atom. The molecule has 0 saturated carbocycles. The molecule has 0 atom stereocenters. The SMILES string of the molecule is CSc1ccccc1CN1CCC(CCC(=O)C(=O)NCc2ccc(F)cc2)CC1. The van der Waals surface area contributed by atoms with Gasteiger partial charge >= 0.3 is 0 Å². The van der Waals surface area contributed by atoms with Crippen LogP contribution in [0.4, 0.5) is 4.39 Å². The summed E-state index contributed by atoms with van der Waals surface area (Å²) in [7, 11) is 0. The topological polar surface area (TPSA) is 49.4 Å². The fourth-order valence-corrected chi connectivity index (χ4v) is 4.45. The second kappa shape index (κ2) is 11.3. The molecule has 0 aliphatic carbocycles. The molecule has 160 valence electrons. The van der Waals surface area contributed by atoms with Gasteiger partial charge in [-0.15, -0.1) is 11.8 Å². The van der Waals surface area contributed by atoms with Crippen LogP contribution < -0.4 is 5.32 Å². The third-order valence-electron chi connectivity index (χ3n) is 5.69. The van der Waals surface area contributed by atoms with Crippen molar-refractivity contribution in [1.29, 1.82) is 0 Å². The van der Waals surface area contributed by atoms with E-state index in [0.29, 0.717) is 5.92 Å². The van der Waals surface area contributed by atoms with E-state index in [1.54, 1.807) is 23.9 Å². The highest BCUT2D eigenvalue weighted by Gasteiger charge is 2.22. The van der Waals surface area contributed by atoms with E-state index in [4.69, 9.17) is 0 Å². The van der Waals surface area contributed by atoms with Gasteiger partial charge in [0.25, 0.3) is 5.91 Å². The predicted octanol–water partition coefficient (Wildman–Crippen LogP) is 4.43. The van der Waals surface area contributed by atoms with E-state index in [1.807, 2.05) is 0 Å². The lowest BCUT2D eigenvalue weighted by Crippen LogP contribution is -2.34. The minimum atomic E-state index is -0.551. The van der Waals surface area contributed by atoms with E-state index < -0.39 is 5.91 Å². The molecule has 2 aromatic carbocycles. The number of carbonyl (C=O) groups excluding carboxylic acids is 2. The Labute approximate surface area is 182 Å². The highest BCUT2D eigenvalue weighted by atomic mass is 32.2. The highest BCUT2D eigenvalue weighted by Crippen LogP contribution is 2.26. The zero-order valence-electron chi connectivity index (χ0n) is 17.4. The summed E-state index contributed by atoms with van der Waals surface area (Å²) >= 11 is 1.78. The lowest BCUT2D eigenvalue weighted by Gasteiger charge is -2.32. The van der Waals surface area contributed by atoms with Gasteiger partial charge in [0.1, 0.15) is 5.82 Å². The first-order chi connectivity index (χ1) is 14.5.